The Bertz CT molecular complexity index is 1020. The van der Waals surface area contributed by atoms with Crippen LogP contribution in [0.15, 0.2) is 34.3 Å². The van der Waals surface area contributed by atoms with Crippen molar-refractivity contribution >= 4 is 24.4 Å². The van der Waals surface area contributed by atoms with Crippen LogP contribution in [0.25, 0.3) is 0 Å². The summed E-state index contributed by atoms with van der Waals surface area (Å²) in [6, 6.07) is 8.30. The summed E-state index contributed by atoms with van der Waals surface area (Å²) < 4.78 is 0. The second-order valence-electron chi connectivity index (χ2n) is 9.05. The Labute approximate surface area is 229 Å². The molecule has 1 fully saturated rings. The van der Waals surface area contributed by atoms with Crippen molar-refractivity contribution in [2.45, 2.75) is 79.3 Å². The number of benzene rings is 2. The number of aliphatic carboxylic acids is 2. The Morgan fingerprint density at radius 1 is 0.784 bits per heavy atom. The van der Waals surface area contributed by atoms with Crippen molar-refractivity contribution in [2.24, 2.45) is 9.98 Å². The fourth-order valence-electron chi connectivity index (χ4n) is 3.96. The van der Waals surface area contributed by atoms with Gasteiger partial charge in [-0.15, -0.1) is 0 Å². The molecule has 0 aromatic heterocycles. The number of carbonyl (C=O) groups is 2. The first-order valence-electron chi connectivity index (χ1n) is 11.8. The van der Waals surface area contributed by atoms with Crippen LogP contribution in [0.5, 0.6) is 11.5 Å². The number of rotatable bonds is 4. The Morgan fingerprint density at radius 3 is 1.43 bits per heavy atom. The van der Waals surface area contributed by atoms with Crippen LogP contribution >= 0.6 is 0 Å². The molecule has 2 aromatic carbocycles. The number of hydrogen-bond donors (Lipinski definition) is 2. The summed E-state index contributed by atoms with van der Waals surface area (Å²) in [5.74, 6) is -1.55. The number of phenolic OH excluding ortho intramolecular Hbond substituents is 2. The van der Waals surface area contributed by atoms with E-state index in [0.717, 1.165) is 72.9 Å². The molecule has 2 N–H and O–H groups in total. The summed E-state index contributed by atoms with van der Waals surface area (Å²) in [4.78, 5) is 27.3. The van der Waals surface area contributed by atoms with Crippen molar-refractivity contribution in [2.75, 3.05) is 0 Å². The van der Waals surface area contributed by atoms with Crippen molar-refractivity contribution in [1.29, 1.82) is 0 Å². The number of hydrogen-bond acceptors (Lipinski definition) is 8. The van der Waals surface area contributed by atoms with Gasteiger partial charge < -0.3 is 30.0 Å². The molecule has 1 saturated carbocycles. The van der Waals surface area contributed by atoms with E-state index in [1.807, 2.05) is 64.4 Å². The smallest absolute Gasteiger partial charge is 0.550 e. The second-order valence-corrected chi connectivity index (χ2v) is 9.05. The fourth-order valence-corrected chi connectivity index (χ4v) is 3.96. The van der Waals surface area contributed by atoms with Gasteiger partial charge in [0.05, 0.1) is 12.1 Å². The molecule has 0 amide bonds. The van der Waals surface area contributed by atoms with Gasteiger partial charge >= 0.3 is 16.8 Å². The number of aliphatic imine (C=N–C) groups is 2. The molecular weight excluding hydrogens is 519 g/mol. The van der Waals surface area contributed by atoms with E-state index in [1.54, 1.807) is 0 Å². The standard InChI is InChI=1S/C24H30N2O2.2C2H4O2.Co/c1-15-8-17(3)23(27)19(10-15)13-25-21-6-5-7-22(12-21)26-14-20-11-16(2)9-18(4)24(20)28;2*1-2(3)4;/h8-11,13-14,21-22,27-28H,5-7,12H2,1-4H3;2*1H3,(H,3,4);/q;;;+2/p-2. The maximum Gasteiger partial charge on any atom is 2.00 e. The van der Waals surface area contributed by atoms with Gasteiger partial charge in [-0.1, -0.05) is 12.1 Å². The van der Waals surface area contributed by atoms with Crippen molar-refractivity contribution in [3.05, 3.63) is 57.6 Å². The Hall–Kier alpha value is -3.17. The number of aryl methyl sites for hydroxylation is 4. The minimum absolute atomic E-state index is 0. The number of nitrogens with zero attached hydrogens (tertiary/aromatic N) is 2. The van der Waals surface area contributed by atoms with Crippen LogP contribution < -0.4 is 10.2 Å². The van der Waals surface area contributed by atoms with Gasteiger partial charge in [0.2, 0.25) is 0 Å². The molecule has 1 aliphatic rings. The predicted molar refractivity (Wildman–Crippen MR) is 138 cm³/mol. The van der Waals surface area contributed by atoms with Gasteiger partial charge in [-0.2, -0.15) is 0 Å². The van der Waals surface area contributed by atoms with Crippen LogP contribution in [0, 0.1) is 27.7 Å². The van der Waals surface area contributed by atoms with Crippen LogP contribution in [-0.4, -0.2) is 46.7 Å². The Kier molecular flexibility index (Phi) is 15.1. The van der Waals surface area contributed by atoms with Crippen molar-refractivity contribution in [3.63, 3.8) is 0 Å². The van der Waals surface area contributed by atoms with Gasteiger partial charge in [-0.25, -0.2) is 0 Å². The molecule has 0 aliphatic heterocycles. The van der Waals surface area contributed by atoms with Gasteiger partial charge in [-0.3, -0.25) is 9.98 Å². The third-order valence-electron chi connectivity index (χ3n) is 5.42. The van der Waals surface area contributed by atoms with Crippen LogP contribution in [0.2, 0.25) is 0 Å². The van der Waals surface area contributed by atoms with Gasteiger partial charge in [0.1, 0.15) is 11.5 Å². The summed E-state index contributed by atoms with van der Waals surface area (Å²) in [5.41, 5.74) is 5.56. The normalized spacial score (nSPS) is 16.7. The number of phenols is 2. The molecule has 37 heavy (non-hydrogen) atoms. The maximum absolute atomic E-state index is 10.2. The summed E-state index contributed by atoms with van der Waals surface area (Å²) in [6.07, 6.45) is 7.68. The van der Waals surface area contributed by atoms with Gasteiger partial charge in [0.25, 0.3) is 0 Å². The first kappa shape index (κ1) is 33.8. The fraction of sp³-hybridized carbons (Fsp3) is 0.429. The molecule has 2 aromatic rings. The largest absolute Gasteiger partial charge is 2.00 e. The van der Waals surface area contributed by atoms with Crippen molar-refractivity contribution in [3.8, 4) is 11.5 Å². The Morgan fingerprint density at radius 2 is 1.11 bits per heavy atom. The predicted octanol–water partition coefficient (Wildman–Crippen LogP) is 2.69. The van der Waals surface area contributed by atoms with Gasteiger partial charge in [0, 0.05) is 35.5 Å². The minimum atomic E-state index is -1.08. The average molecular weight is 556 g/mol. The number of carboxylic acid groups (broad SMARTS) is 2. The zero-order chi connectivity index (χ0) is 27.4. The Balaban J connectivity index is 0.00000127. The summed E-state index contributed by atoms with van der Waals surface area (Å²) in [6.45, 7) is 9.82. The number of carbonyl (C=O) groups excluding carboxylic acids is 2. The quantitative estimate of drug-likeness (QED) is 0.555. The van der Waals surface area contributed by atoms with E-state index in [9.17, 15) is 10.2 Å². The zero-order valence-electron chi connectivity index (χ0n) is 22.2. The molecule has 2 atom stereocenters. The summed E-state index contributed by atoms with van der Waals surface area (Å²) >= 11 is 0. The molecular formula is C28H36CoN2O6. The van der Waals surface area contributed by atoms with Crippen LogP contribution in [-0.2, 0) is 26.4 Å². The van der Waals surface area contributed by atoms with E-state index in [-0.39, 0.29) is 28.9 Å². The molecule has 3 rings (SSSR count). The molecule has 2 unspecified atom stereocenters. The summed E-state index contributed by atoms with van der Waals surface area (Å²) in [7, 11) is 0. The van der Waals surface area contributed by atoms with Gasteiger partial charge in [0.15, 0.2) is 0 Å². The van der Waals surface area contributed by atoms with E-state index in [1.165, 1.54) is 0 Å². The van der Waals surface area contributed by atoms with Crippen molar-refractivity contribution < 1.29 is 46.8 Å². The molecule has 0 saturated heterocycles. The van der Waals surface area contributed by atoms with E-state index in [4.69, 9.17) is 29.8 Å². The van der Waals surface area contributed by atoms with Crippen LogP contribution in [0.3, 0.4) is 0 Å². The van der Waals surface area contributed by atoms with E-state index in [0.29, 0.717) is 11.5 Å². The third-order valence-corrected chi connectivity index (χ3v) is 5.42. The second kappa shape index (κ2) is 16.5. The molecule has 0 heterocycles. The van der Waals surface area contributed by atoms with E-state index >= 15 is 0 Å². The first-order chi connectivity index (χ1) is 16.8. The molecule has 0 spiro atoms. The SMILES string of the molecule is CC(=O)[O-].CC(=O)[O-].Cc1cc(C)c(O)c(C=NC2CCCC(N=Cc3cc(C)cc(C)c3O)C2)c1.[Co+2]. The monoisotopic (exact) mass is 555 g/mol. The zero-order valence-corrected chi connectivity index (χ0v) is 23.2. The minimum Gasteiger partial charge on any atom is -0.550 e. The van der Waals surface area contributed by atoms with Crippen molar-refractivity contribution in [1.82, 2.24) is 0 Å². The average Bonchev–Trinajstić information content (AvgIpc) is 2.76. The van der Waals surface area contributed by atoms with Gasteiger partial charge in [-0.05, 0) is 102 Å². The molecule has 203 valence electrons. The summed E-state index contributed by atoms with van der Waals surface area (Å²) in [5, 5.41) is 38.3. The maximum atomic E-state index is 10.2. The topological polar surface area (TPSA) is 145 Å². The number of aromatic hydroxyl groups is 2. The van der Waals surface area contributed by atoms with Crippen LogP contribution in [0.4, 0.5) is 0 Å². The first-order valence-corrected chi connectivity index (χ1v) is 11.8. The van der Waals surface area contributed by atoms with Crippen LogP contribution in [0.1, 0.15) is 72.9 Å². The van der Waals surface area contributed by atoms with E-state index < -0.39 is 11.9 Å². The number of carboxylic acids is 2. The van der Waals surface area contributed by atoms with E-state index in [2.05, 4.69) is 0 Å². The molecule has 0 bridgehead atoms. The molecule has 9 heteroatoms. The molecule has 1 radical (unpaired) electrons. The third kappa shape index (κ3) is 13.1. The molecule has 1 aliphatic carbocycles. The molecule has 8 nitrogen and oxygen atoms in total.